The van der Waals surface area contributed by atoms with E-state index < -0.39 is 0 Å². The Morgan fingerprint density at radius 3 is 2.96 bits per heavy atom. The van der Waals surface area contributed by atoms with Gasteiger partial charge in [-0.2, -0.15) is 0 Å². The summed E-state index contributed by atoms with van der Waals surface area (Å²) in [6.07, 6.45) is 3.44. The van der Waals surface area contributed by atoms with Gasteiger partial charge < -0.3 is 10.1 Å². The molecule has 2 aromatic carbocycles. The van der Waals surface area contributed by atoms with Crippen molar-refractivity contribution >= 4 is 17.5 Å². The molecule has 23 heavy (non-hydrogen) atoms. The summed E-state index contributed by atoms with van der Waals surface area (Å²) >= 11 is 6.03. The van der Waals surface area contributed by atoms with E-state index in [9.17, 15) is 4.79 Å². The van der Waals surface area contributed by atoms with Crippen LogP contribution in [0.2, 0.25) is 5.02 Å². The number of nitrogens with one attached hydrogen (secondary N) is 1. The molecule has 0 saturated heterocycles. The van der Waals surface area contributed by atoms with Crippen LogP contribution in [0.5, 0.6) is 5.75 Å². The van der Waals surface area contributed by atoms with Crippen LogP contribution in [0.3, 0.4) is 0 Å². The van der Waals surface area contributed by atoms with Gasteiger partial charge in [0, 0.05) is 10.6 Å². The molecule has 0 heterocycles. The maximum Gasteiger partial charge on any atom is 0.225 e. The summed E-state index contributed by atoms with van der Waals surface area (Å²) in [6, 6.07) is 13.8. The second-order valence-electron chi connectivity index (χ2n) is 5.84. The first-order valence-corrected chi connectivity index (χ1v) is 8.25. The minimum atomic E-state index is -0.00716. The summed E-state index contributed by atoms with van der Waals surface area (Å²) < 4.78 is 5.31. The highest BCUT2D eigenvalue weighted by molar-refractivity contribution is 6.30. The van der Waals surface area contributed by atoms with Crippen LogP contribution in [-0.4, -0.2) is 13.0 Å². The molecule has 0 aliphatic heterocycles. The number of amides is 1. The molecule has 1 aliphatic rings. The van der Waals surface area contributed by atoms with E-state index >= 15 is 0 Å². The van der Waals surface area contributed by atoms with Gasteiger partial charge in [0.1, 0.15) is 5.75 Å². The highest BCUT2D eigenvalue weighted by Gasteiger charge is 2.21. The number of halogens is 1. The second-order valence-corrected chi connectivity index (χ2v) is 6.28. The highest BCUT2D eigenvalue weighted by atomic mass is 35.5. The van der Waals surface area contributed by atoms with Crippen LogP contribution in [-0.2, 0) is 17.6 Å². The monoisotopic (exact) mass is 329 g/mol. The van der Waals surface area contributed by atoms with Gasteiger partial charge in [0.15, 0.2) is 0 Å². The fourth-order valence-electron chi connectivity index (χ4n) is 3.21. The largest absolute Gasteiger partial charge is 0.496 e. The molecule has 1 unspecified atom stereocenters. The maximum atomic E-state index is 12.5. The predicted molar refractivity (Wildman–Crippen MR) is 92.0 cm³/mol. The lowest BCUT2D eigenvalue weighted by Crippen LogP contribution is -2.32. The van der Waals surface area contributed by atoms with Gasteiger partial charge in [-0.3, -0.25) is 4.79 Å². The minimum absolute atomic E-state index is 0.00716. The Hall–Kier alpha value is -2.00. The molecule has 0 fully saturated rings. The van der Waals surface area contributed by atoms with E-state index in [1.165, 1.54) is 11.1 Å². The second kappa shape index (κ2) is 7.05. The summed E-state index contributed by atoms with van der Waals surface area (Å²) in [4.78, 5) is 12.5. The Kier molecular flexibility index (Phi) is 4.87. The third-order valence-corrected chi connectivity index (χ3v) is 4.53. The lowest BCUT2D eigenvalue weighted by atomic mass is 9.87. The number of fused-ring (bicyclic) bond motifs is 1. The van der Waals surface area contributed by atoms with Crippen molar-refractivity contribution < 1.29 is 9.53 Å². The minimum Gasteiger partial charge on any atom is -0.496 e. The smallest absolute Gasteiger partial charge is 0.225 e. The summed E-state index contributed by atoms with van der Waals surface area (Å²) in [5, 5.41) is 3.76. The molecule has 0 spiro atoms. The Morgan fingerprint density at radius 2 is 2.13 bits per heavy atom. The van der Waals surface area contributed by atoms with Crippen LogP contribution in [0, 0.1) is 0 Å². The number of aryl methyl sites for hydroxylation is 1. The topological polar surface area (TPSA) is 38.3 Å². The van der Waals surface area contributed by atoms with Crippen LogP contribution in [0.1, 0.15) is 35.6 Å². The summed E-state index contributed by atoms with van der Waals surface area (Å²) in [6.45, 7) is 0. The van der Waals surface area contributed by atoms with E-state index in [0.29, 0.717) is 10.8 Å². The normalized spacial score (nSPS) is 16.5. The molecular weight excluding hydrogens is 310 g/mol. The number of benzene rings is 2. The molecule has 1 aliphatic carbocycles. The zero-order valence-electron chi connectivity index (χ0n) is 13.1. The first kappa shape index (κ1) is 15.9. The van der Waals surface area contributed by atoms with Gasteiger partial charge in [-0.15, -0.1) is 0 Å². The molecule has 3 nitrogen and oxygen atoms in total. The van der Waals surface area contributed by atoms with Crippen molar-refractivity contribution in [2.24, 2.45) is 0 Å². The number of methoxy groups -OCH3 is 1. The van der Waals surface area contributed by atoms with Gasteiger partial charge in [0.05, 0.1) is 19.6 Å². The number of hydrogen-bond acceptors (Lipinski definition) is 2. The van der Waals surface area contributed by atoms with Crippen LogP contribution < -0.4 is 10.1 Å². The Bertz CT molecular complexity index is 714. The standard InChI is InChI=1S/C19H20ClNO2/c1-23-18-10-9-15(20)11-14(18)12-19(22)21-17-8-4-6-13-5-2-3-7-16(13)17/h2-3,5,7,9-11,17H,4,6,8,12H2,1H3,(H,21,22). The molecular formula is C19H20ClNO2. The number of hydrogen-bond donors (Lipinski definition) is 1. The van der Waals surface area contributed by atoms with Crippen molar-refractivity contribution in [3.05, 3.63) is 64.2 Å². The molecule has 1 amide bonds. The summed E-state index contributed by atoms with van der Waals surface area (Å²) in [7, 11) is 1.60. The Labute approximate surface area is 141 Å². The lowest BCUT2D eigenvalue weighted by molar-refractivity contribution is -0.121. The quantitative estimate of drug-likeness (QED) is 0.917. The van der Waals surface area contributed by atoms with Crippen LogP contribution in [0.25, 0.3) is 0 Å². The molecule has 0 saturated carbocycles. The average molecular weight is 330 g/mol. The van der Waals surface area contributed by atoms with Gasteiger partial charge in [0.25, 0.3) is 0 Å². The molecule has 1 N–H and O–H groups in total. The first-order chi connectivity index (χ1) is 11.2. The van der Waals surface area contributed by atoms with E-state index in [0.717, 1.165) is 24.8 Å². The van der Waals surface area contributed by atoms with E-state index in [4.69, 9.17) is 16.3 Å². The van der Waals surface area contributed by atoms with Crippen molar-refractivity contribution in [3.8, 4) is 5.75 Å². The average Bonchev–Trinajstić information content (AvgIpc) is 2.55. The molecule has 0 aromatic heterocycles. The number of carbonyl (C=O) groups is 1. The van der Waals surface area contributed by atoms with Crippen molar-refractivity contribution in [3.63, 3.8) is 0 Å². The SMILES string of the molecule is COc1ccc(Cl)cc1CC(=O)NC1CCCc2ccccc21. The number of rotatable bonds is 4. The van der Waals surface area contributed by atoms with Crippen LogP contribution in [0.15, 0.2) is 42.5 Å². The van der Waals surface area contributed by atoms with Gasteiger partial charge in [-0.1, -0.05) is 35.9 Å². The first-order valence-electron chi connectivity index (χ1n) is 7.87. The van der Waals surface area contributed by atoms with Crippen molar-refractivity contribution in [1.29, 1.82) is 0 Å². The molecule has 3 rings (SSSR count). The number of ether oxygens (including phenoxy) is 1. The zero-order chi connectivity index (χ0) is 16.2. The van der Waals surface area contributed by atoms with Gasteiger partial charge in [-0.25, -0.2) is 0 Å². The van der Waals surface area contributed by atoms with Gasteiger partial charge >= 0.3 is 0 Å². The Balaban J connectivity index is 1.73. The van der Waals surface area contributed by atoms with E-state index in [1.807, 2.05) is 6.07 Å². The van der Waals surface area contributed by atoms with Crippen molar-refractivity contribution in [2.45, 2.75) is 31.7 Å². The van der Waals surface area contributed by atoms with Crippen LogP contribution in [0.4, 0.5) is 0 Å². The summed E-state index contributed by atoms with van der Waals surface area (Å²) in [5.41, 5.74) is 3.39. The molecule has 120 valence electrons. The van der Waals surface area contributed by atoms with E-state index in [-0.39, 0.29) is 18.4 Å². The Morgan fingerprint density at radius 1 is 1.30 bits per heavy atom. The van der Waals surface area contributed by atoms with Crippen LogP contribution >= 0.6 is 11.6 Å². The van der Waals surface area contributed by atoms with E-state index in [2.05, 4.69) is 23.5 Å². The molecule has 2 aromatic rings. The third kappa shape index (κ3) is 3.67. The fraction of sp³-hybridized carbons (Fsp3) is 0.316. The zero-order valence-corrected chi connectivity index (χ0v) is 13.9. The highest BCUT2D eigenvalue weighted by Crippen LogP contribution is 2.30. The molecule has 4 heteroatoms. The van der Waals surface area contributed by atoms with Crippen molar-refractivity contribution in [1.82, 2.24) is 5.32 Å². The van der Waals surface area contributed by atoms with Gasteiger partial charge in [0.2, 0.25) is 5.91 Å². The summed E-state index contributed by atoms with van der Waals surface area (Å²) in [5.74, 6) is 0.681. The number of carbonyl (C=O) groups excluding carboxylic acids is 1. The molecule has 0 bridgehead atoms. The third-order valence-electron chi connectivity index (χ3n) is 4.30. The van der Waals surface area contributed by atoms with Crippen molar-refractivity contribution in [2.75, 3.05) is 7.11 Å². The molecule has 1 atom stereocenters. The fourth-order valence-corrected chi connectivity index (χ4v) is 3.40. The lowest BCUT2D eigenvalue weighted by Gasteiger charge is -2.26. The predicted octanol–water partition coefficient (Wildman–Crippen LogP) is 4.08. The van der Waals surface area contributed by atoms with Gasteiger partial charge in [-0.05, 0) is 48.6 Å². The maximum absolute atomic E-state index is 12.5. The molecule has 0 radical (unpaired) electrons. The van der Waals surface area contributed by atoms with E-state index in [1.54, 1.807) is 25.3 Å².